The third-order valence-corrected chi connectivity index (χ3v) is 6.99. The van der Waals surface area contributed by atoms with Gasteiger partial charge in [0.15, 0.2) is 5.65 Å². The highest BCUT2D eigenvalue weighted by Crippen LogP contribution is 2.47. The second-order valence-corrected chi connectivity index (χ2v) is 8.72. The van der Waals surface area contributed by atoms with Crippen molar-refractivity contribution in [1.29, 1.82) is 0 Å². The fourth-order valence-electron chi connectivity index (χ4n) is 5.46. The smallest absolute Gasteiger partial charge is 0.245 e. The van der Waals surface area contributed by atoms with Crippen LogP contribution in [0, 0.1) is 17.0 Å². The summed E-state index contributed by atoms with van der Waals surface area (Å²) in [6.45, 7) is 2.87. The fourth-order valence-corrected chi connectivity index (χ4v) is 5.46. The molecule has 9 heteroatoms. The number of fused-ring (bicyclic) bond motifs is 2. The number of hydrazine groups is 1. The van der Waals surface area contributed by atoms with Crippen LogP contribution in [-0.4, -0.2) is 56.7 Å². The molecule has 0 bridgehead atoms. The van der Waals surface area contributed by atoms with E-state index in [1.54, 1.807) is 17.4 Å². The number of aromatic nitrogens is 3. The molecule has 7 nitrogen and oxygen atoms in total. The number of amides is 1. The zero-order valence-electron chi connectivity index (χ0n) is 16.9. The number of nitrogens with zero attached hydrogens (tertiary/aromatic N) is 6. The lowest BCUT2D eigenvalue weighted by Crippen LogP contribution is -2.46. The number of carbonyl (C=O) groups is 1. The number of benzene rings is 1. The number of carbonyl (C=O) groups excluding carboxylic acids is 1. The quantitative estimate of drug-likeness (QED) is 0.633. The SMILES string of the molecule is O=C1N2[C@H](c3cc(F)cc(F)c3)CCN2CC12CCN(c1ccnc3ccnn13)CC2. The van der Waals surface area contributed by atoms with Crippen LogP contribution in [0.1, 0.15) is 30.9 Å². The molecule has 0 radical (unpaired) electrons. The first-order valence-corrected chi connectivity index (χ1v) is 10.6. The lowest BCUT2D eigenvalue weighted by Gasteiger charge is -2.38. The van der Waals surface area contributed by atoms with Crippen LogP contribution in [-0.2, 0) is 4.79 Å². The summed E-state index contributed by atoms with van der Waals surface area (Å²) in [4.78, 5) is 20.2. The van der Waals surface area contributed by atoms with Crippen LogP contribution in [0.25, 0.3) is 5.65 Å². The van der Waals surface area contributed by atoms with Crippen LogP contribution < -0.4 is 4.90 Å². The summed E-state index contributed by atoms with van der Waals surface area (Å²) in [6.07, 6.45) is 5.66. The van der Waals surface area contributed by atoms with Gasteiger partial charge in [0, 0.05) is 44.5 Å². The summed E-state index contributed by atoms with van der Waals surface area (Å²) in [5, 5.41) is 8.21. The van der Waals surface area contributed by atoms with Gasteiger partial charge < -0.3 is 4.90 Å². The molecule has 2 aromatic heterocycles. The van der Waals surface area contributed by atoms with Gasteiger partial charge in [-0.3, -0.25) is 9.80 Å². The van der Waals surface area contributed by atoms with Gasteiger partial charge in [-0.05, 0) is 43.0 Å². The molecule has 1 aromatic carbocycles. The summed E-state index contributed by atoms with van der Waals surface area (Å²) in [5.74, 6) is -0.154. The highest BCUT2D eigenvalue weighted by atomic mass is 19.1. The zero-order chi connectivity index (χ0) is 21.2. The lowest BCUT2D eigenvalue weighted by atomic mass is 9.77. The number of halogens is 2. The van der Waals surface area contributed by atoms with Crippen LogP contribution in [0.3, 0.4) is 0 Å². The molecule has 0 saturated carbocycles. The first kappa shape index (κ1) is 18.7. The number of piperidine rings is 1. The summed E-state index contributed by atoms with van der Waals surface area (Å²) >= 11 is 0. The average Bonchev–Trinajstić information content (AvgIpc) is 3.45. The van der Waals surface area contributed by atoms with Crippen LogP contribution in [0.15, 0.2) is 42.7 Å². The normalized spacial score (nSPS) is 23.3. The van der Waals surface area contributed by atoms with Crippen LogP contribution in [0.5, 0.6) is 0 Å². The van der Waals surface area contributed by atoms with Crippen molar-refractivity contribution in [1.82, 2.24) is 24.6 Å². The van der Waals surface area contributed by atoms with E-state index in [1.807, 2.05) is 16.6 Å². The Hall–Kier alpha value is -3.07. The standard InChI is InChI=1S/C22H22F2N6O/c23-16-11-15(12-17(24)13-16)18-3-8-28-14-22(21(31)30(18)28)4-9-27(10-5-22)20-2-6-25-19-1-7-26-29(19)20/h1-2,6-7,11-13,18H,3-5,8-10,14H2/t18-/m0/s1. The number of rotatable bonds is 2. The second kappa shape index (κ2) is 6.71. The first-order chi connectivity index (χ1) is 15.0. The van der Waals surface area contributed by atoms with Crippen molar-refractivity contribution in [3.63, 3.8) is 0 Å². The Balaban J connectivity index is 1.24. The summed E-state index contributed by atoms with van der Waals surface area (Å²) in [7, 11) is 0. The number of anilines is 1. The van der Waals surface area contributed by atoms with E-state index in [0.29, 0.717) is 18.5 Å². The minimum atomic E-state index is -0.606. The molecule has 160 valence electrons. The molecule has 3 saturated heterocycles. The fraction of sp³-hybridized carbons (Fsp3) is 0.409. The molecule has 31 heavy (non-hydrogen) atoms. The van der Waals surface area contributed by atoms with E-state index in [2.05, 4.69) is 20.0 Å². The van der Waals surface area contributed by atoms with E-state index in [1.165, 1.54) is 12.1 Å². The van der Waals surface area contributed by atoms with Crippen molar-refractivity contribution in [2.45, 2.75) is 25.3 Å². The van der Waals surface area contributed by atoms with E-state index >= 15 is 0 Å². The molecule has 0 N–H and O–H groups in total. The van der Waals surface area contributed by atoms with Gasteiger partial charge in [-0.2, -0.15) is 9.61 Å². The summed E-state index contributed by atoms with van der Waals surface area (Å²) < 4.78 is 29.4. The van der Waals surface area contributed by atoms with Gasteiger partial charge in [0.25, 0.3) is 0 Å². The van der Waals surface area contributed by atoms with E-state index in [0.717, 1.165) is 50.0 Å². The van der Waals surface area contributed by atoms with Gasteiger partial charge >= 0.3 is 0 Å². The highest BCUT2D eigenvalue weighted by molar-refractivity contribution is 5.85. The Kier molecular flexibility index (Phi) is 4.05. The maximum absolute atomic E-state index is 13.8. The van der Waals surface area contributed by atoms with Crippen LogP contribution in [0.4, 0.5) is 14.6 Å². The predicted octanol–water partition coefficient (Wildman–Crippen LogP) is 2.80. The molecule has 1 atom stereocenters. The molecule has 3 fully saturated rings. The molecule has 0 aliphatic carbocycles. The largest absolute Gasteiger partial charge is 0.356 e. The second-order valence-electron chi connectivity index (χ2n) is 8.72. The van der Waals surface area contributed by atoms with Gasteiger partial charge in [-0.1, -0.05) is 0 Å². The minimum Gasteiger partial charge on any atom is -0.356 e. The van der Waals surface area contributed by atoms with Gasteiger partial charge in [0.05, 0.1) is 17.7 Å². The average molecular weight is 424 g/mol. The summed E-state index contributed by atoms with van der Waals surface area (Å²) in [5.41, 5.74) is 0.879. The van der Waals surface area contributed by atoms with Gasteiger partial charge in [-0.15, -0.1) is 0 Å². The molecule has 3 aromatic rings. The van der Waals surface area contributed by atoms with E-state index in [9.17, 15) is 13.6 Å². The maximum Gasteiger partial charge on any atom is 0.245 e. The maximum atomic E-state index is 13.8. The first-order valence-electron chi connectivity index (χ1n) is 10.6. The molecule has 5 heterocycles. The molecule has 1 amide bonds. The van der Waals surface area contributed by atoms with Crippen molar-refractivity contribution < 1.29 is 13.6 Å². The summed E-state index contributed by atoms with van der Waals surface area (Å²) in [6, 6.07) is 7.07. The Bertz CT molecular complexity index is 1150. The molecular formula is C22H22F2N6O. The third-order valence-electron chi connectivity index (χ3n) is 6.99. The topological polar surface area (TPSA) is 57.0 Å². The highest BCUT2D eigenvalue weighted by Gasteiger charge is 2.56. The predicted molar refractivity (Wildman–Crippen MR) is 109 cm³/mol. The van der Waals surface area contributed by atoms with Gasteiger partial charge in [0.2, 0.25) is 5.91 Å². The Morgan fingerprint density at radius 3 is 2.55 bits per heavy atom. The van der Waals surface area contributed by atoms with Crippen molar-refractivity contribution >= 4 is 17.4 Å². The Morgan fingerprint density at radius 2 is 1.77 bits per heavy atom. The zero-order valence-corrected chi connectivity index (χ0v) is 16.9. The van der Waals surface area contributed by atoms with Crippen LogP contribution >= 0.6 is 0 Å². The minimum absolute atomic E-state index is 0.0817. The van der Waals surface area contributed by atoms with Crippen molar-refractivity contribution in [3.8, 4) is 0 Å². The Labute approximate surface area is 177 Å². The molecule has 0 unspecified atom stereocenters. The van der Waals surface area contributed by atoms with Crippen molar-refractivity contribution in [2.24, 2.45) is 5.41 Å². The van der Waals surface area contributed by atoms with Crippen LogP contribution in [0.2, 0.25) is 0 Å². The molecule has 1 spiro atoms. The van der Waals surface area contributed by atoms with E-state index < -0.39 is 17.0 Å². The molecule has 3 aliphatic heterocycles. The molecular weight excluding hydrogens is 402 g/mol. The van der Waals surface area contributed by atoms with Gasteiger partial charge in [0.1, 0.15) is 17.5 Å². The Morgan fingerprint density at radius 1 is 1.00 bits per heavy atom. The number of hydrogen-bond donors (Lipinski definition) is 0. The van der Waals surface area contributed by atoms with E-state index in [-0.39, 0.29) is 11.9 Å². The molecule has 6 rings (SSSR count). The molecule has 3 aliphatic rings. The number of hydrogen-bond acceptors (Lipinski definition) is 5. The lowest BCUT2D eigenvalue weighted by molar-refractivity contribution is -0.143. The van der Waals surface area contributed by atoms with Gasteiger partial charge in [-0.25, -0.2) is 18.8 Å². The third kappa shape index (κ3) is 2.83. The monoisotopic (exact) mass is 424 g/mol. The van der Waals surface area contributed by atoms with Crippen molar-refractivity contribution in [3.05, 3.63) is 59.9 Å². The van der Waals surface area contributed by atoms with E-state index in [4.69, 9.17) is 0 Å². The van der Waals surface area contributed by atoms with Crippen molar-refractivity contribution in [2.75, 3.05) is 31.1 Å².